The summed E-state index contributed by atoms with van der Waals surface area (Å²) in [7, 11) is -1.30. The third-order valence-corrected chi connectivity index (χ3v) is 7.84. The molecule has 3 rings (SSSR count). The van der Waals surface area contributed by atoms with E-state index in [4.69, 9.17) is 0 Å². The molecule has 1 saturated carbocycles. The van der Waals surface area contributed by atoms with Crippen molar-refractivity contribution < 1.29 is 8.42 Å². The quantitative estimate of drug-likeness (QED) is 0.654. The van der Waals surface area contributed by atoms with Crippen LogP contribution in [-0.4, -0.2) is 51.9 Å². The highest BCUT2D eigenvalue weighted by molar-refractivity contribution is 7.91. The molecule has 0 atom stereocenters. The van der Waals surface area contributed by atoms with Crippen LogP contribution < -0.4 is 0 Å². The maximum absolute atomic E-state index is 13.2. The van der Waals surface area contributed by atoms with E-state index in [1.54, 1.807) is 6.20 Å². The topological polar surface area (TPSA) is 83.9 Å². The van der Waals surface area contributed by atoms with Gasteiger partial charge in [-0.1, -0.05) is 32.6 Å². The molecular weight excluding hydrogens is 374 g/mol. The Hall–Kier alpha value is -1.67. The van der Waals surface area contributed by atoms with Gasteiger partial charge < -0.3 is 9.47 Å². The van der Waals surface area contributed by atoms with Crippen molar-refractivity contribution in [3.63, 3.8) is 0 Å². The number of imidazole rings is 1. The maximum Gasteiger partial charge on any atom is 0.228 e. The molecule has 1 N–H and O–H groups in total. The van der Waals surface area contributed by atoms with Gasteiger partial charge >= 0.3 is 0 Å². The number of hydrogen-bond acceptors (Lipinski definition) is 5. The Kier molecular flexibility index (Phi) is 7.29. The number of H-pyrrole nitrogens is 1. The van der Waals surface area contributed by atoms with Gasteiger partial charge in [-0.15, -0.1) is 0 Å². The smallest absolute Gasteiger partial charge is 0.228 e. The minimum absolute atomic E-state index is 0.268. The summed E-state index contributed by atoms with van der Waals surface area (Å²) in [4.78, 5) is 6.62. The van der Waals surface area contributed by atoms with Crippen LogP contribution in [0.5, 0.6) is 0 Å². The minimum atomic E-state index is -3.36. The molecule has 0 bridgehead atoms. The lowest BCUT2D eigenvalue weighted by Gasteiger charge is -2.23. The Bertz CT molecular complexity index is 823. The van der Waals surface area contributed by atoms with Crippen molar-refractivity contribution in [3.8, 4) is 0 Å². The van der Waals surface area contributed by atoms with Gasteiger partial charge in [0, 0.05) is 25.8 Å². The molecule has 8 heteroatoms. The molecule has 0 radical (unpaired) electrons. The van der Waals surface area contributed by atoms with Crippen LogP contribution in [0, 0.1) is 0 Å². The summed E-state index contributed by atoms with van der Waals surface area (Å²) < 4.78 is 28.4. The average Bonchev–Trinajstić information content (AvgIpc) is 3.35. The molecule has 0 spiro atoms. The first kappa shape index (κ1) is 21.0. The molecule has 0 amide bonds. The highest BCUT2D eigenvalue weighted by atomic mass is 32.2. The molecule has 28 heavy (non-hydrogen) atoms. The van der Waals surface area contributed by atoms with E-state index in [0.717, 1.165) is 63.6 Å². The van der Waals surface area contributed by atoms with E-state index >= 15 is 0 Å². The van der Waals surface area contributed by atoms with Crippen molar-refractivity contribution in [3.05, 3.63) is 29.8 Å². The second kappa shape index (κ2) is 9.69. The molecule has 1 aliphatic rings. The average molecular weight is 408 g/mol. The SMILES string of the molecule is CCCCn1c(CN(C)CCc2cn[nH]c2)cnc1S(=O)(=O)C1CCCCC1. The predicted octanol–water partition coefficient (Wildman–Crippen LogP) is 3.19. The zero-order valence-electron chi connectivity index (χ0n) is 17.1. The van der Waals surface area contributed by atoms with E-state index in [0.29, 0.717) is 13.1 Å². The first-order chi connectivity index (χ1) is 13.5. The van der Waals surface area contributed by atoms with Gasteiger partial charge in [0.05, 0.1) is 23.3 Å². The monoisotopic (exact) mass is 407 g/mol. The van der Waals surface area contributed by atoms with E-state index in [9.17, 15) is 8.42 Å². The van der Waals surface area contributed by atoms with Gasteiger partial charge in [0.1, 0.15) is 0 Å². The second-order valence-electron chi connectivity index (χ2n) is 7.94. The van der Waals surface area contributed by atoms with Crippen LogP contribution in [0.1, 0.15) is 63.1 Å². The van der Waals surface area contributed by atoms with Crippen molar-refractivity contribution in [2.45, 2.75) is 81.8 Å². The van der Waals surface area contributed by atoms with Crippen LogP contribution >= 0.6 is 0 Å². The van der Waals surface area contributed by atoms with Crippen LogP contribution in [-0.2, 0) is 29.3 Å². The van der Waals surface area contributed by atoms with Crippen LogP contribution in [0.4, 0.5) is 0 Å². The Morgan fingerprint density at radius 2 is 2.04 bits per heavy atom. The summed E-state index contributed by atoms with van der Waals surface area (Å²) in [5.74, 6) is 0. The molecule has 0 aromatic carbocycles. The molecule has 1 fully saturated rings. The van der Waals surface area contributed by atoms with Gasteiger partial charge in [0.15, 0.2) is 0 Å². The normalized spacial score (nSPS) is 16.1. The highest BCUT2D eigenvalue weighted by Gasteiger charge is 2.33. The summed E-state index contributed by atoms with van der Waals surface area (Å²) in [5, 5.41) is 6.84. The number of nitrogens with one attached hydrogen (secondary N) is 1. The minimum Gasteiger partial charge on any atom is -0.318 e. The number of aromatic amines is 1. The molecular formula is C20H33N5O2S. The lowest BCUT2D eigenvalue weighted by molar-refractivity contribution is 0.318. The lowest BCUT2D eigenvalue weighted by Crippen LogP contribution is -2.28. The van der Waals surface area contributed by atoms with Crippen LogP contribution in [0.3, 0.4) is 0 Å². The molecule has 0 unspecified atom stereocenters. The first-order valence-electron chi connectivity index (χ1n) is 10.5. The van der Waals surface area contributed by atoms with E-state index in [-0.39, 0.29) is 10.4 Å². The van der Waals surface area contributed by atoms with Gasteiger partial charge in [-0.2, -0.15) is 5.10 Å². The van der Waals surface area contributed by atoms with Crippen LogP contribution in [0.2, 0.25) is 0 Å². The Balaban J connectivity index is 1.75. The number of rotatable bonds is 10. The highest BCUT2D eigenvalue weighted by Crippen LogP contribution is 2.29. The van der Waals surface area contributed by atoms with E-state index in [2.05, 4.69) is 34.1 Å². The van der Waals surface area contributed by atoms with Crippen molar-refractivity contribution in [1.29, 1.82) is 0 Å². The maximum atomic E-state index is 13.2. The summed E-state index contributed by atoms with van der Waals surface area (Å²) in [6.07, 6.45) is 13.1. The summed E-state index contributed by atoms with van der Waals surface area (Å²) in [6.45, 7) is 4.41. The number of nitrogens with zero attached hydrogens (tertiary/aromatic N) is 4. The van der Waals surface area contributed by atoms with Gasteiger partial charge in [-0.05, 0) is 38.3 Å². The van der Waals surface area contributed by atoms with E-state index in [1.807, 2.05) is 17.0 Å². The van der Waals surface area contributed by atoms with E-state index < -0.39 is 9.84 Å². The fourth-order valence-corrected chi connectivity index (χ4v) is 5.88. The molecule has 7 nitrogen and oxygen atoms in total. The number of sulfone groups is 1. The molecule has 2 heterocycles. The molecule has 0 saturated heterocycles. The molecule has 1 aliphatic carbocycles. The number of unbranched alkanes of at least 4 members (excludes halogenated alkanes) is 1. The third-order valence-electron chi connectivity index (χ3n) is 5.65. The van der Waals surface area contributed by atoms with Gasteiger partial charge in [-0.3, -0.25) is 5.10 Å². The standard InChI is InChI=1S/C20H33N5O2S/c1-3-4-11-25-18(16-24(2)12-10-17-13-22-23-14-17)15-21-20(25)28(26,27)19-8-6-5-7-9-19/h13-15,19H,3-12,16H2,1-2H3,(H,22,23). The zero-order valence-corrected chi connectivity index (χ0v) is 17.9. The number of likely N-dealkylation sites (N-methyl/N-ethyl adjacent to an activating group) is 1. The lowest BCUT2D eigenvalue weighted by atomic mass is 10.0. The van der Waals surface area contributed by atoms with Crippen molar-refractivity contribution in [2.24, 2.45) is 0 Å². The van der Waals surface area contributed by atoms with Crippen molar-refractivity contribution >= 4 is 9.84 Å². The summed E-state index contributed by atoms with van der Waals surface area (Å²) >= 11 is 0. The fourth-order valence-electron chi connectivity index (χ4n) is 3.92. The molecule has 2 aromatic rings. The number of aromatic nitrogens is 4. The Morgan fingerprint density at radius 3 is 2.71 bits per heavy atom. The van der Waals surface area contributed by atoms with Gasteiger partial charge in [0.25, 0.3) is 0 Å². The summed E-state index contributed by atoms with van der Waals surface area (Å²) in [5.41, 5.74) is 2.16. The second-order valence-corrected chi connectivity index (χ2v) is 10.1. The summed E-state index contributed by atoms with van der Waals surface area (Å²) in [6, 6.07) is 0. The van der Waals surface area contributed by atoms with Crippen LogP contribution in [0.15, 0.2) is 23.7 Å². The largest absolute Gasteiger partial charge is 0.318 e. The third kappa shape index (κ3) is 5.03. The molecule has 156 valence electrons. The Morgan fingerprint density at radius 1 is 1.25 bits per heavy atom. The van der Waals surface area contributed by atoms with E-state index in [1.165, 1.54) is 5.56 Å². The van der Waals surface area contributed by atoms with Crippen molar-refractivity contribution in [2.75, 3.05) is 13.6 Å². The van der Waals surface area contributed by atoms with Crippen LogP contribution in [0.25, 0.3) is 0 Å². The predicted molar refractivity (Wildman–Crippen MR) is 110 cm³/mol. The zero-order chi connectivity index (χ0) is 20.0. The van der Waals surface area contributed by atoms with Gasteiger partial charge in [0.2, 0.25) is 15.0 Å². The first-order valence-corrected chi connectivity index (χ1v) is 12.0. The van der Waals surface area contributed by atoms with Gasteiger partial charge in [-0.25, -0.2) is 13.4 Å². The molecule has 2 aromatic heterocycles. The van der Waals surface area contributed by atoms with Crippen molar-refractivity contribution in [1.82, 2.24) is 24.6 Å². The molecule has 0 aliphatic heterocycles. The fraction of sp³-hybridized carbons (Fsp3) is 0.700. The number of hydrogen-bond donors (Lipinski definition) is 1. The Labute approximate surface area is 168 Å².